The minimum atomic E-state index is -0.658. The van der Waals surface area contributed by atoms with Crippen LogP contribution in [0.4, 0.5) is 0 Å². The van der Waals surface area contributed by atoms with E-state index in [4.69, 9.17) is 4.74 Å². The Morgan fingerprint density at radius 3 is 2.00 bits per heavy atom. The molecule has 2 nitrogen and oxygen atoms in total. The van der Waals surface area contributed by atoms with Gasteiger partial charge in [-0.3, -0.25) is 0 Å². The van der Waals surface area contributed by atoms with Crippen LogP contribution in [0.3, 0.4) is 0 Å². The lowest BCUT2D eigenvalue weighted by Crippen LogP contribution is -2.30. The van der Waals surface area contributed by atoms with Gasteiger partial charge in [-0.25, -0.2) is 0 Å². The van der Waals surface area contributed by atoms with Crippen molar-refractivity contribution in [3.8, 4) is 0 Å². The summed E-state index contributed by atoms with van der Waals surface area (Å²) in [6.07, 6.45) is 10.9. The van der Waals surface area contributed by atoms with E-state index in [1.807, 2.05) is 13.8 Å². The summed E-state index contributed by atoms with van der Waals surface area (Å²) >= 11 is 0. The molecule has 0 unspecified atom stereocenters. The van der Waals surface area contributed by atoms with Gasteiger partial charge in [0.1, 0.15) is 0 Å². The third-order valence-corrected chi connectivity index (χ3v) is 4.68. The molecular formula is C23H40O2. The summed E-state index contributed by atoms with van der Waals surface area (Å²) in [6, 6.07) is 9.03. The van der Waals surface area contributed by atoms with Gasteiger partial charge in [0.25, 0.3) is 0 Å². The molecule has 0 amide bonds. The van der Waals surface area contributed by atoms with Crippen LogP contribution in [-0.4, -0.2) is 22.9 Å². The van der Waals surface area contributed by atoms with Crippen LogP contribution in [-0.2, 0) is 17.6 Å². The van der Waals surface area contributed by atoms with Crippen LogP contribution in [0.25, 0.3) is 0 Å². The number of rotatable bonds is 13. The van der Waals surface area contributed by atoms with E-state index in [2.05, 4.69) is 45.0 Å². The van der Waals surface area contributed by atoms with Crippen LogP contribution < -0.4 is 0 Å². The van der Waals surface area contributed by atoms with Crippen molar-refractivity contribution in [3.05, 3.63) is 35.4 Å². The molecule has 1 N–H and O–H groups in total. The minimum absolute atomic E-state index is 0.202. The molecule has 1 aromatic carbocycles. The van der Waals surface area contributed by atoms with Crippen LogP contribution in [0.1, 0.15) is 90.7 Å². The summed E-state index contributed by atoms with van der Waals surface area (Å²) in [4.78, 5) is 0. The second kappa shape index (κ2) is 11.0. The molecule has 0 radical (unpaired) electrons. The standard InChI is InChI=1S/C23H40O2/c1-6-7-8-9-10-11-12-20-13-15-21(16-14-20)19-23(4,5)25-18-17-22(2,3)24/h13-16,24H,6-12,17-19H2,1-5H3. The van der Waals surface area contributed by atoms with Crippen LogP contribution in [0.5, 0.6) is 0 Å². The third kappa shape index (κ3) is 11.4. The van der Waals surface area contributed by atoms with E-state index in [-0.39, 0.29) is 5.60 Å². The Bertz CT molecular complexity index is 454. The zero-order chi connectivity index (χ0) is 18.8. The van der Waals surface area contributed by atoms with Crippen molar-refractivity contribution >= 4 is 0 Å². The number of benzene rings is 1. The number of aliphatic hydroxyl groups is 1. The van der Waals surface area contributed by atoms with Crippen molar-refractivity contribution < 1.29 is 9.84 Å². The Labute approximate surface area is 156 Å². The number of hydrogen-bond donors (Lipinski definition) is 1. The highest BCUT2D eigenvalue weighted by Crippen LogP contribution is 2.20. The van der Waals surface area contributed by atoms with Crippen molar-refractivity contribution in [3.63, 3.8) is 0 Å². The molecule has 25 heavy (non-hydrogen) atoms. The summed E-state index contributed by atoms with van der Waals surface area (Å²) in [5, 5.41) is 9.79. The zero-order valence-electron chi connectivity index (χ0n) is 17.2. The molecule has 0 saturated heterocycles. The number of hydrogen-bond acceptors (Lipinski definition) is 2. The maximum absolute atomic E-state index is 9.79. The minimum Gasteiger partial charge on any atom is -0.390 e. The second-order valence-electron chi connectivity index (χ2n) is 8.68. The lowest BCUT2D eigenvalue weighted by molar-refractivity contribution is -0.0453. The summed E-state index contributed by atoms with van der Waals surface area (Å²) in [7, 11) is 0. The molecule has 144 valence electrons. The van der Waals surface area contributed by atoms with E-state index in [0.717, 1.165) is 6.42 Å². The average Bonchev–Trinajstić information content (AvgIpc) is 2.50. The SMILES string of the molecule is CCCCCCCCc1ccc(CC(C)(C)OCCC(C)(C)O)cc1. The summed E-state index contributed by atoms with van der Waals surface area (Å²) in [5.74, 6) is 0. The lowest BCUT2D eigenvalue weighted by atomic mass is 9.96. The smallest absolute Gasteiger partial charge is 0.0666 e. The van der Waals surface area contributed by atoms with Gasteiger partial charge in [-0.15, -0.1) is 0 Å². The first-order valence-electron chi connectivity index (χ1n) is 10.2. The maximum atomic E-state index is 9.79. The summed E-state index contributed by atoms with van der Waals surface area (Å²) in [5.41, 5.74) is 1.90. The molecule has 1 rings (SSSR count). The van der Waals surface area contributed by atoms with Crippen LogP contribution in [0, 0.1) is 0 Å². The topological polar surface area (TPSA) is 29.5 Å². The van der Waals surface area contributed by atoms with Crippen molar-refractivity contribution in [1.29, 1.82) is 0 Å². The van der Waals surface area contributed by atoms with Crippen molar-refractivity contribution in [2.75, 3.05) is 6.61 Å². The fourth-order valence-corrected chi connectivity index (χ4v) is 3.05. The van der Waals surface area contributed by atoms with E-state index in [1.54, 1.807) is 0 Å². The van der Waals surface area contributed by atoms with Crippen molar-refractivity contribution in [1.82, 2.24) is 0 Å². The Kier molecular flexibility index (Phi) is 9.74. The summed E-state index contributed by atoms with van der Waals surface area (Å²) < 4.78 is 5.99. The molecule has 2 heteroatoms. The van der Waals surface area contributed by atoms with Gasteiger partial charge < -0.3 is 9.84 Å². The van der Waals surface area contributed by atoms with Crippen LogP contribution in [0.2, 0.25) is 0 Å². The Morgan fingerprint density at radius 1 is 0.840 bits per heavy atom. The van der Waals surface area contributed by atoms with Crippen molar-refractivity contribution in [2.45, 2.75) is 104 Å². The molecular weight excluding hydrogens is 308 g/mol. The van der Waals surface area contributed by atoms with Gasteiger partial charge in [-0.1, -0.05) is 63.3 Å². The molecule has 0 fully saturated rings. The molecule has 0 bridgehead atoms. The molecule has 0 aliphatic rings. The van der Waals surface area contributed by atoms with Gasteiger partial charge in [0.05, 0.1) is 17.8 Å². The van der Waals surface area contributed by atoms with Crippen LogP contribution in [0.15, 0.2) is 24.3 Å². The lowest BCUT2D eigenvalue weighted by Gasteiger charge is -2.27. The Hall–Kier alpha value is -0.860. The molecule has 0 heterocycles. The van der Waals surface area contributed by atoms with E-state index < -0.39 is 5.60 Å². The number of unbranched alkanes of at least 4 members (excludes halogenated alkanes) is 5. The fraction of sp³-hybridized carbons (Fsp3) is 0.739. The average molecular weight is 349 g/mol. The highest BCUT2D eigenvalue weighted by Gasteiger charge is 2.21. The monoisotopic (exact) mass is 348 g/mol. The maximum Gasteiger partial charge on any atom is 0.0666 e. The van der Waals surface area contributed by atoms with Crippen LogP contribution >= 0.6 is 0 Å². The van der Waals surface area contributed by atoms with Gasteiger partial charge in [0.2, 0.25) is 0 Å². The van der Waals surface area contributed by atoms with E-state index in [0.29, 0.717) is 13.0 Å². The zero-order valence-corrected chi connectivity index (χ0v) is 17.2. The molecule has 0 aliphatic carbocycles. The largest absolute Gasteiger partial charge is 0.390 e. The van der Waals surface area contributed by atoms with E-state index in [1.165, 1.54) is 56.1 Å². The van der Waals surface area contributed by atoms with Gasteiger partial charge in [0, 0.05) is 6.42 Å². The van der Waals surface area contributed by atoms with Gasteiger partial charge in [-0.2, -0.15) is 0 Å². The fourth-order valence-electron chi connectivity index (χ4n) is 3.05. The van der Waals surface area contributed by atoms with Crippen molar-refractivity contribution in [2.24, 2.45) is 0 Å². The third-order valence-electron chi connectivity index (χ3n) is 4.68. The van der Waals surface area contributed by atoms with Gasteiger partial charge in [-0.05, 0) is 58.1 Å². The molecule has 1 aromatic rings. The highest BCUT2D eigenvalue weighted by molar-refractivity contribution is 5.23. The first kappa shape index (κ1) is 22.2. The predicted octanol–water partition coefficient (Wildman–Crippen LogP) is 6.09. The number of aryl methyl sites for hydroxylation is 1. The highest BCUT2D eigenvalue weighted by atomic mass is 16.5. The van der Waals surface area contributed by atoms with E-state index in [9.17, 15) is 5.11 Å². The second-order valence-corrected chi connectivity index (χ2v) is 8.68. The molecule has 0 spiro atoms. The van der Waals surface area contributed by atoms with Gasteiger partial charge >= 0.3 is 0 Å². The normalized spacial score (nSPS) is 12.6. The van der Waals surface area contributed by atoms with Gasteiger partial charge in [0.15, 0.2) is 0 Å². The molecule has 0 aliphatic heterocycles. The summed E-state index contributed by atoms with van der Waals surface area (Å²) in [6.45, 7) is 10.8. The first-order valence-corrected chi connectivity index (χ1v) is 10.2. The Morgan fingerprint density at radius 2 is 1.40 bits per heavy atom. The molecule has 0 aromatic heterocycles. The molecule has 0 saturated carbocycles. The van der Waals surface area contributed by atoms with E-state index >= 15 is 0 Å². The predicted molar refractivity (Wildman–Crippen MR) is 108 cm³/mol. The molecule has 0 atom stereocenters. The quantitative estimate of drug-likeness (QED) is 0.437. The Balaban J connectivity index is 2.32. The number of ether oxygens (including phenoxy) is 1. The first-order chi connectivity index (χ1) is 11.7.